The van der Waals surface area contributed by atoms with Crippen LogP contribution in [0.15, 0.2) is 58.3 Å². The number of nitrogens with one attached hydrogen (secondary N) is 1. The molecule has 0 saturated carbocycles. The van der Waals surface area contributed by atoms with Crippen LogP contribution in [0.2, 0.25) is 0 Å². The van der Waals surface area contributed by atoms with Crippen LogP contribution in [-0.2, 0) is 4.79 Å². The summed E-state index contributed by atoms with van der Waals surface area (Å²) in [4.78, 5) is 26.9. The number of carbonyl (C=O) groups is 2. The van der Waals surface area contributed by atoms with Crippen molar-refractivity contribution in [3.05, 3.63) is 59.7 Å². The van der Waals surface area contributed by atoms with E-state index in [4.69, 9.17) is 0 Å². The Morgan fingerprint density at radius 1 is 1.12 bits per heavy atom. The molecule has 0 aliphatic carbocycles. The van der Waals surface area contributed by atoms with Crippen molar-refractivity contribution in [2.24, 2.45) is 0 Å². The highest BCUT2D eigenvalue weighted by Crippen LogP contribution is 2.35. The Hall–Kier alpha value is -1.72. The Balaban J connectivity index is 1.54. The third-order valence-electron chi connectivity index (χ3n) is 4.28. The predicted octanol–water partition coefficient (Wildman–Crippen LogP) is 4.72. The SMILES string of the molecule is CSc1ccc(C(=O)CCC(=O)NC2CCSc3ccccc32)cc1. The van der Waals surface area contributed by atoms with E-state index >= 15 is 0 Å². The van der Waals surface area contributed by atoms with Gasteiger partial charge in [0, 0.05) is 33.9 Å². The fourth-order valence-electron chi connectivity index (χ4n) is 2.91. The zero-order valence-electron chi connectivity index (χ0n) is 14.2. The van der Waals surface area contributed by atoms with Crippen LogP contribution in [0.1, 0.15) is 41.2 Å². The molecular formula is C20H21NO2S2. The standard InChI is InChI=1S/C20H21NO2S2/c1-24-15-8-6-14(7-9-15)18(22)10-11-20(23)21-17-12-13-25-19-5-3-2-4-16(17)19/h2-9,17H,10-13H2,1H3,(H,21,23). The number of carbonyl (C=O) groups excluding carboxylic acids is 2. The molecule has 1 aliphatic heterocycles. The molecule has 1 heterocycles. The Labute approximate surface area is 157 Å². The largest absolute Gasteiger partial charge is 0.349 e. The lowest BCUT2D eigenvalue weighted by atomic mass is 10.0. The third-order valence-corrected chi connectivity index (χ3v) is 6.15. The number of thioether (sulfide) groups is 2. The monoisotopic (exact) mass is 371 g/mol. The number of Topliss-reactive ketones (excluding diaryl/α,β-unsaturated/α-hetero) is 1. The van der Waals surface area contributed by atoms with Crippen LogP contribution in [0.25, 0.3) is 0 Å². The summed E-state index contributed by atoms with van der Waals surface area (Å²) < 4.78 is 0. The molecular weight excluding hydrogens is 350 g/mol. The molecule has 2 aromatic rings. The van der Waals surface area contributed by atoms with Crippen LogP contribution in [0.5, 0.6) is 0 Å². The van der Waals surface area contributed by atoms with E-state index < -0.39 is 0 Å². The van der Waals surface area contributed by atoms with Crippen molar-refractivity contribution in [1.29, 1.82) is 0 Å². The average Bonchev–Trinajstić information content (AvgIpc) is 2.66. The second-order valence-corrected chi connectivity index (χ2v) is 7.96. The molecule has 25 heavy (non-hydrogen) atoms. The van der Waals surface area contributed by atoms with Gasteiger partial charge in [0.15, 0.2) is 5.78 Å². The molecule has 0 aromatic heterocycles. The molecule has 1 atom stereocenters. The van der Waals surface area contributed by atoms with Gasteiger partial charge in [0.05, 0.1) is 6.04 Å². The van der Waals surface area contributed by atoms with Crippen LogP contribution in [0.4, 0.5) is 0 Å². The zero-order valence-corrected chi connectivity index (χ0v) is 15.8. The predicted molar refractivity (Wildman–Crippen MR) is 104 cm³/mol. The van der Waals surface area contributed by atoms with Gasteiger partial charge in [0.25, 0.3) is 0 Å². The first kappa shape index (κ1) is 18.1. The molecule has 0 radical (unpaired) electrons. The normalized spacial score (nSPS) is 16.1. The van der Waals surface area contributed by atoms with Crippen molar-refractivity contribution in [1.82, 2.24) is 5.32 Å². The Morgan fingerprint density at radius 3 is 2.64 bits per heavy atom. The van der Waals surface area contributed by atoms with E-state index in [0.717, 1.165) is 17.1 Å². The molecule has 1 N–H and O–H groups in total. The number of benzene rings is 2. The summed E-state index contributed by atoms with van der Waals surface area (Å²) in [5, 5.41) is 3.09. The summed E-state index contributed by atoms with van der Waals surface area (Å²) >= 11 is 3.48. The minimum absolute atomic E-state index is 0.0161. The van der Waals surface area contributed by atoms with Crippen molar-refractivity contribution >= 4 is 35.2 Å². The van der Waals surface area contributed by atoms with Crippen molar-refractivity contribution in [3.8, 4) is 0 Å². The lowest BCUT2D eigenvalue weighted by molar-refractivity contribution is -0.121. The van der Waals surface area contributed by atoms with Crippen molar-refractivity contribution in [3.63, 3.8) is 0 Å². The molecule has 0 saturated heterocycles. The van der Waals surface area contributed by atoms with Gasteiger partial charge in [0.1, 0.15) is 0 Å². The fraction of sp³-hybridized carbons (Fsp3) is 0.300. The molecule has 0 bridgehead atoms. The number of amides is 1. The second-order valence-electron chi connectivity index (χ2n) is 5.95. The zero-order chi connectivity index (χ0) is 17.6. The van der Waals surface area contributed by atoms with Crippen LogP contribution < -0.4 is 5.32 Å². The Kier molecular flexibility index (Phi) is 6.21. The lowest BCUT2D eigenvalue weighted by Gasteiger charge is -2.25. The molecule has 2 aromatic carbocycles. The molecule has 1 aliphatic rings. The van der Waals surface area contributed by atoms with Crippen LogP contribution in [-0.4, -0.2) is 23.7 Å². The maximum atomic E-state index is 12.3. The van der Waals surface area contributed by atoms with Gasteiger partial charge in [-0.25, -0.2) is 0 Å². The van der Waals surface area contributed by atoms with Crippen molar-refractivity contribution < 1.29 is 9.59 Å². The maximum absolute atomic E-state index is 12.3. The van der Waals surface area contributed by atoms with E-state index in [9.17, 15) is 9.59 Å². The van der Waals surface area contributed by atoms with E-state index in [2.05, 4.69) is 17.4 Å². The Morgan fingerprint density at radius 2 is 1.88 bits per heavy atom. The molecule has 1 amide bonds. The molecule has 5 heteroatoms. The van der Waals surface area contributed by atoms with Crippen LogP contribution in [0.3, 0.4) is 0 Å². The Bertz CT molecular complexity index is 759. The number of hydrogen-bond donors (Lipinski definition) is 1. The molecule has 130 valence electrons. The molecule has 3 nitrogen and oxygen atoms in total. The van der Waals surface area contributed by atoms with E-state index in [0.29, 0.717) is 5.56 Å². The first-order valence-corrected chi connectivity index (χ1v) is 10.6. The molecule has 0 spiro atoms. The van der Waals surface area contributed by atoms with E-state index in [1.165, 1.54) is 10.5 Å². The fourth-order valence-corrected chi connectivity index (χ4v) is 4.44. The highest BCUT2D eigenvalue weighted by molar-refractivity contribution is 7.99. The smallest absolute Gasteiger partial charge is 0.220 e. The average molecular weight is 372 g/mol. The highest BCUT2D eigenvalue weighted by Gasteiger charge is 2.22. The molecule has 0 fully saturated rings. The third kappa shape index (κ3) is 4.67. The second kappa shape index (κ2) is 8.59. The summed E-state index contributed by atoms with van der Waals surface area (Å²) in [6.07, 6.45) is 3.41. The number of rotatable bonds is 6. The van der Waals surface area contributed by atoms with Gasteiger partial charge in [-0.2, -0.15) is 0 Å². The summed E-state index contributed by atoms with van der Waals surface area (Å²) in [6.45, 7) is 0. The number of hydrogen-bond acceptors (Lipinski definition) is 4. The molecule has 1 unspecified atom stereocenters. The van der Waals surface area contributed by atoms with Crippen LogP contribution >= 0.6 is 23.5 Å². The van der Waals surface area contributed by atoms with Gasteiger partial charge in [-0.1, -0.05) is 30.3 Å². The topological polar surface area (TPSA) is 46.2 Å². The first-order valence-electron chi connectivity index (χ1n) is 8.35. The summed E-state index contributed by atoms with van der Waals surface area (Å²) in [5.74, 6) is 0.964. The summed E-state index contributed by atoms with van der Waals surface area (Å²) in [7, 11) is 0. The van der Waals surface area contributed by atoms with E-state index in [1.54, 1.807) is 11.8 Å². The maximum Gasteiger partial charge on any atom is 0.220 e. The minimum Gasteiger partial charge on any atom is -0.349 e. The first-order chi connectivity index (χ1) is 12.2. The van der Waals surface area contributed by atoms with Gasteiger partial charge in [0.2, 0.25) is 5.91 Å². The van der Waals surface area contributed by atoms with Crippen LogP contribution in [0, 0.1) is 0 Å². The van der Waals surface area contributed by atoms with Gasteiger partial charge >= 0.3 is 0 Å². The highest BCUT2D eigenvalue weighted by atomic mass is 32.2. The van der Waals surface area contributed by atoms with Gasteiger partial charge in [-0.05, 0) is 36.4 Å². The van der Waals surface area contributed by atoms with Crippen molar-refractivity contribution in [2.75, 3.05) is 12.0 Å². The molecule has 3 rings (SSSR count). The lowest BCUT2D eigenvalue weighted by Crippen LogP contribution is -2.30. The summed E-state index contributed by atoms with van der Waals surface area (Å²) in [5.41, 5.74) is 1.86. The quantitative estimate of drug-likeness (QED) is 0.589. The number of ketones is 1. The summed E-state index contributed by atoms with van der Waals surface area (Å²) in [6, 6.07) is 15.8. The van der Waals surface area contributed by atoms with E-state index in [-0.39, 0.29) is 30.6 Å². The van der Waals surface area contributed by atoms with Crippen molar-refractivity contribution in [2.45, 2.75) is 35.1 Å². The van der Waals surface area contributed by atoms with Gasteiger partial charge < -0.3 is 5.32 Å². The minimum atomic E-state index is -0.0548. The van der Waals surface area contributed by atoms with Gasteiger partial charge in [-0.3, -0.25) is 9.59 Å². The number of fused-ring (bicyclic) bond motifs is 1. The van der Waals surface area contributed by atoms with E-state index in [1.807, 2.05) is 54.4 Å². The van der Waals surface area contributed by atoms with Gasteiger partial charge in [-0.15, -0.1) is 23.5 Å².